The molecule has 7 heteroatoms. The number of hydrogen-bond donors (Lipinski definition) is 3. The smallest absolute Gasteiger partial charge is 0.224 e. The van der Waals surface area contributed by atoms with Crippen LogP contribution >= 0.6 is 24.0 Å². The van der Waals surface area contributed by atoms with Gasteiger partial charge >= 0.3 is 0 Å². The summed E-state index contributed by atoms with van der Waals surface area (Å²) in [4.78, 5) is 15.9. The van der Waals surface area contributed by atoms with Gasteiger partial charge in [0.1, 0.15) is 5.82 Å². The highest BCUT2D eigenvalue weighted by atomic mass is 127. The van der Waals surface area contributed by atoms with Crippen LogP contribution in [0.5, 0.6) is 0 Å². The standard InChI is InChI=1S/C20H25FN4O.HI/c1-3-5-19(26)25-18-7-4-6-16(12-18)14-24-20(22-2)23-13-15-8-10-17(21)11-9-15;/h4,6-12H,3,5,13-14H2,1-2H3,(H,25,26)(H2,22,23,24);1H. The number of hydrogen-bond acceptors (Lipinski definition) is 2. The monoisotopic (exact) mass is 484 g/mol. The van der Waals surface area contributed by atoms with Gasteiger partial charge in [-0.15, -0.1) is 24.0 Å². The predicted octanol–water partition coefficient (Wildman–Crippen LogP) is 4.05. The average molecular weight is 484 g/mol. The fourth-order valence-corrected chi connectivity index (χ4v) is 2.40. The maximum absolute atomic E-state index is 12.9. The Balaban J connectivity index is 0.00000364. The molecular weight excluding hydrogens is 458 g/mol. The molecule has 27 heavy (non-hydrogen) atoms. The lowest BCUT2D eigenvalue weighted by Gasteiger charge is -2.13. The second-order valence-electron chi connectivity index (χ2n) is 5.90. The second kappa shape index (κ2) is 12.3. The molecule has 1 amide bonds. The van der Waals surface area contributed by atoms with E-state index in [1.165, 1.54) is 12.1 Å². The van der Waals surface area contributed by atoms with Crippen molar-refractivity contribution < 1.29 is 9.18 Å². The average Bonchev–Trinajstić information content (AvgIpc) is 2.64. The van der Waals surface area contributed by atoms with E-state index in [0.29, 0.717) is 25.5 Å². The molecule has 2 aromatic rings. The van der Waals surface area contributed by atoms with Crippen LogP contribution in [0.3, 0.4) is 0 Å². The lowest BCUT2D eigenvalue weighted by atomic mass is 10.2. The first-order chi connectivity index (χ1) is 12.6. The van der Waals surface area contributed by atoms with E-state index >= 15 is 0 Å². The molecule has 0 atom stereocenters. The van der Waals surface area contributed by atoms with Gasteiger partial charge in [-0.1, -0.05) is 31.2 Å². The number of nitrogens with zero attached hydrogens (tertiary/aromatic N) is 1. The molecule has 0 aromatic heterocycles. The number of carbonyl (C=O) groups is 1. The number of benzene rings is 2. The van der Waals surface area contributed by atoms with Crippen LogP contribution < -0.4 is 16.0 Å². The lowest BCUT2D eigenvalue weighted by molar-refractivity contribution is -0.116. The fraction of sp³-hybridized carbons (Fsp3) is 0.300. The maximum Gasteiger partial charge on any atom is 0.224 e. The van der Waals surface area contributed by atoms with E-state index in [4.69, 9.17) is 0 Å². The molecule has 0 saturated carbocycles. The number of halogens is 2. The zero-order chi connectivity index (χ0) is 18.8. The first kappa shape index (κ1) is 22.9. The minimum atomic E-state index is -0.248. The van der Waals surface area contributed by atoms with Gasteiger partial charge in [0.25, 0.3) is 0 Å². The van der Waals surface area contributed by atoms with Gasteiger partial charge in [0.05, 0.1) is 0 Å². The Morgan fingerprint density at radius 1 is 1.04 bits per heavy atom. The van der Waals surface area contributed by atoms with Gasteiger partial charge < -0.3 is 16.0 Å². The molecule has 2 rings (SSSR count). The van der Waals surface area contributed by atoms with Gasteiger partial charge in [0.15, 0.2) is 5.96 Å². The highest BCUT2D eigenvalue weighted by molar-refractivity contribution is 14.0. The summed E-state index contributed by atoms with van der Waals surface area (Å²) in [7, 11) is 1.70. The Kier molecular flexibility index (Phi) is 10.4. The highest BCUT2D eigenvalue weighted by Crippen LogP contribution is 2.11. The Morgan fingerprint density at radius 3 is 2.33 bits per heavy atom. The highest BCUT2D eigenvalue weighted by Gasteiger charge is 2.03. The molecule has 0 radical (unpaired) electrons. The third kappa shape index (κ3) is 8.38. The minimum Gasteiger partial charge on any atom is -0.352 e. The van der Waals surface area contributed by atoms with Crippen LogP contribution in [0.2, 0.25) is 0 Å². The SMILES string of the molecule is CCCC(=O)Nc1cccc(CNC(=NC)NCc2ccc(F)cc2)c1.I. The molecule has 2 aromatic carbocycles. The molecular formula is C20H26FIN4O. The first-order valence-electron chi connectivity index (χ1n) is 8.68. The van der Waals surface area contributed by atoms with Crippen LogP contribution in [0, 0.1) is 5.82 Å². The van der Waals surface area contributed by atoms with E-state index in [9.17, 15) is 9.18 Å². The summed E-state index contributed by atoms with van der Waals surface area (Å²) in [6, 6.07) is 14.0. The molecule has 0 aliphatic rings. The molecule has 5 nitrogen and oxygen atoms in total. The third-order valence-electron chi connectivity index (χ3n) is 3.74. The molecule has 0 spiro atoms. The molecule has 3 N–H and O–H groups in total. The fourth-order valence-electron chi connectivity index (χ4n) is 2.40. The Labute approximate surface area is 176 Å². The van der Waals surface area contributed by atoms with Crippen LogP contribution in [0.15, 0.2) is 53.5 Å². The summed E-state index contributed by atoms with van der Waals surface area (Å²) in [5.41, 5.74) is 2.79. The van der Waals surface area contributed by atoms with Crippen LogP contribution in [0.4, 0.5) is 10.1 Å². The first-order valence-corrected chi connectivity index (χ1v) is 8.68. The summed E-state index contributed by atoms with van der Waals surface area (Å²) in [6.45, 7) is 3.10. The number of carbonyl (C=O) groups excluding carboxylic acids is 1. The van der Waals surface area contributed by atoms with Crippen LogP contribution in [-0.4, -0.2) is 18.9 Å². The van der Waals surface area contributed by atoms with E-state index in [2.05, 4.69) is 20.9 Å². The molecule has 0 aliphatic heterocycles. The second-order valence-corrected chi connectivity index (χ2v) is 5.90. The van der Waals surface area contributed by atoms with Crippen molar-refractivity contribution in [1.29, 1.82) is 0 Å². The number of anilines is 1. The Hall–Kier alpha value is -2.16. The van der Waals surface area contributed by atoms with Crippen molar-refractivity contribution in [2.24, 2.45) is 4.99 Å². The largest absolute Gasteiger partial charge is 0.352 e. The van der Waals surface area contributed by atoms with Crippen molar-refractivity contribution in [1.82, 2.24) is 10.6 Å². The van der Waals surface area contributed by atoms with Crippen molar-refractivity contribution in [2.75, 3.05) is 12.4 Å². The summed E-state index contributed by atoms with van der Waals surface area (Å²) >= 11 is 0. The normalized spacial score (nSPS) is 10.7. The summed E-state index contributed by atoms with van der Waals surface area (Å²) in [5.74, 6) is 0.422. The number of rotatable bonds is 7. The molecule has 0 unspecified atom stereocenters. The number of amides is 1. The zero-order valence-electron chi connectivity index (χ0n) is 15.6. The summed E-state index contributed by atoms with van der Waals surface area (Å²) in [6.07, 6.45) is 1.34. The van der Waals surface area contributed by atoms with Crippen LogP contribution in [-0.2, 0) is 17.9 Å². The maximum atomic E-state index is 12.9. The van der Waals surface area contributed by atoms with E-state index in [1.54, 1.807) is 19.2 Å². The molecule has 0 fully saturated rings. The van der Waals surface area contributed by atoms with E-state index in [-0.39, 0.29) is 35.7 Å². The quantitative estimate of drug-likeness (QED) is 0.316. The van der Waals surface area contributed by atoms with Crippen molar-refractivity contribution >= 4 is 41.5 Å². The summed E-state index contributed by atoms with van der Waals surface area (Å²) in [5, 5.41) is 9.30. The van der Waals surface area contributed by atoms with E-state index in [0.717, 1.165) is 23.2 Å². The molecule has 0 heterocycles. The summed E-state index contributed by atoms with van der Waals surface area (Å²) < 4.78 is 12.9. The minimum absolute atomic E-state index is 0. The van der Waals surface area contributed by atoms with Gasteiger partial charge in [-0.05, 0) is 41.8 Å². The van der Waals surface area contributed by atoms with Gasteiger partial charge in [-0.2, -0.15) is 0 Å². The number of nitrogens with one attached hydrogen (secondary N) is 3. The molecule has 0 bridgehead atoms. The van der Waals surface area contributed by atoms with Crippen molar-refractivity contribution in [3.63, 3.8) is 0 Å². The van der Waals surface area contributed by atoms with Gasteiger partial charge in [-0.25, -0.2) is 4.39 Å². The zero-order valence-corrected chi connectivity index (χ0v) is 17.9. The lowest BCUT2D eigenvalue weighted by Crippen LogP contribution is -2.36. The molecule has 0 saturated heterocycles. The van der Waals surface area contributed by atoms with Crippen molar-refractivity contribution in [3.8, 4) is 0 Å². The Bertz CT molecular complexity index is 750. The molecule has 146 valence electrons. The molecule has 0 aliphatic carbocycles. The van der Waals surface area contributed by atoms with Crippen LogP contribution in [0.25, 0.3) is 0 Å². The van der Waals surface area contributed by atoms with Crippen LogP contribution in [0.1, 0.15) is 30.9 Å². The third-order valence-corrected chi connectivity index (χ3v) is 3.74. The van der Waals surface area contributed by atoms with Gasteiger partial charge in [0.2, 0.25) is 5.91 Å². The van der Waals surface area contributed by atoms with E-state index in [1.807, 2.05) is 31.2 Å². The number of guanidine groups is 1. The number of aliphatic imine (C=N–C) groups is 1. The van der Waals surface area contributed by atoms with Crippen molar-refractivity contribution in [3.05, 3.63) is 65.5 Å². The predicted molar refractivity (Wildman–Crippen MR) is 119 cm³/mol. The van der Waals surface area contributed by atoms with Gasteiger partial charge in [-0.3, -0.25) is 9.79 Å². The van der Waals surface area contributed by atoms with Crippen molar-refractivity contribution in [2.45, 2.75) is 32.9 Å². The topological polar surface area (TPSA) is 65.5 Å². The van der Waals surface area contributed by atoms with Gasteiger partial charge in [0, 0.05) is 32.2 Å². The van der Waals surface area contributed by atoms with E-state index < -0.39 is 0 Å². The Morgan fingerprint density at radius 2 is 1.70 bits per heavy atom.